The van der Waals surface area contributed by atoms with Crippen LogP contribution in [-0.2, 0) is 13.1 Å². The zero-order valence-electron chi connectivity index (χ0n) is 12.1. The molecule has 2 aromatic heterocycles. The molecule has 0 atom stereocenters. The fraction of sp³-hybridized carbons (Fsp3) is 0.286. The van der Waals surface area contributed by atoms with E-state index in [1.165, 1.54) is 0 Å². The van der Waals surface area contributed by atoms with Crippen LogP contribution in [0.5, 0.6) is 0 Å². The molecule has 0 amide bonds. The molecule has 0 bridgehead atoms. The van der Waals surface area contributed by atoms with Crippen LogP contribution in [0.25, 0.3) is 5.69 Å². The highest BCUT2D eigenvalue weighted by atomic mass is 15.5. The first kappa shape index (κ1) is 13.3. The fourth-order valence-electron chi connectivity index (χ4n) is 2.21. The molecular formula is C14H17N7. The minimum atomic E-state index is 0.728. The quantitative estimate of drug-likeness (QED) is 0.773. The van der Waals surface area contributed by atoms with E-state index in [0.29, 0.717) is 0 Å². The van der Waals surface area contributed by atoms with Crippen molar-refractivity contribution in [2.45, 2.75) is 26.9 Å². The number of aromatic nitrogens is 6. The molecule has 0 spiro atoms. The van der Waals surface area contributed by atoms with Crippen LogP contribution in [0.4, 0.5) is 5.69 Å². The maximum Gasteiger partial charge on any atom is 0.153 e. The summed E-state index contributed by atoms with van der Waals surface area (Å²) >= 11 is 0. The summed E-state index contributed by atoms with van der Waals surface area (Å²) in [4.78, 5) is 0. The maximum atomic E-state index is 4.26. The summed E-state index contributed by atoms with van der Waals surface area (Å²) in [7, 11) is 0. The molecule has 0 unspecified atom stereocenters. The molecule has 7 heteroatoms. The van der Waals surface area contributed by atoms with Gasteiger partial charge in [0.25, 0.3) is 0 Å². The Balaban J connectivity index is 1.76. The summed E-state index contributed by atoms with van der Waals surface area (Å²) in [5, 5.41) is 19.2. The lowest BCUT2D eigenvalue weighted by Gasteiger charge is -2.09. The van der Waals surface area contributed by atoms with Crippen LogP contribution >= 0.6 is 0 Å². The summed E-state index contributed by atoms with van der Waals surface area (Å²) in [6.45, 7) is 5.55. The highest BCUT2D eigenvalue weighted by molar-refractivity contribution is 5.51. The third kappa shape index (κ3) is 2.76. The van der Waals surface area contributed by atoms with Gasteiger partial charge < -0.3 is 5.32 Å². The largest absolute Gasteiger partial charge is 0.379 e. The molecule has 3 aromatic rings. The van der Waals surface area contributed by atoms with Crippen LogP contribution in [0.15, 0.2) is 36.5 Å². The average Bonchev–Trinajstić information content (AvgIpc) is 3.13. The van der Waals surface area contributed by atoms with E-state index in [-0.39, 0.29) is 0 Å². The Morgan fingerprint density at radius 3 is 2.90 bits per heavy atom. The van der Waals surface area contributed by atoms with Crippen molar-refractivity contribution in [1.29, 1.82) is 0 Å². The Morgan fingerprint density at radius 1 is 1.24 bits per heavy atom. The van der Waals surface area contributed by atoms with Gasteiger partial charge in [-0.1, -0.05) is 6.07 Å². The number of hydrogen-bond acceptors (Lipinski definition) is 5. The third-order valence-electron chi connectivity index (χ3n) is 3.29. The van der Waals surface area contributed by atoms with Crippen LogP contribution in [-0.4, -0.2) is 30.0 Å². The van der Waals surface area contributed by atoms with Crippen molar-refractivity contribution in [2.24, 2.45) is 0 Å². The number of rotatable bonds is 5. The summed E-state index contributed by atoms with van der Waals surface area (Å²) < 4.78 is 3.68. The van der Waals surface area contributed by atoms with Crippen LogP contribution in [0.3, 0.4) is 0 Å². The lowest BCUT2D eigenvalue weighted by Crippen LogP contribution is -2.08. The normalized spacial score (nSPS) is 10.8. The number of benzene rings is 1. The summed E-state index contributed by atoms with van der Waals surface area (Å²) in [6.07, 6.45) is 1.82. The van der Waals surface area contributed by atoms with E-state index in [1.54, 1.807) is 4.68 Å². The van der Waals surface area contributed by atoms with Crippen LogP contribution in [0.1, 0.15) is 18.4 Å². The number of tetrazole rings is 1. The predicted molar refractivity (Wildman–Crippen MR) is 79.1 cm³/mol. The first-order valence-electron chi connectivity index (χ1n) is 6.88. The van der Waals surface area contributed by atoms with Crippen molar-refractivity contribution in [3.8, 4) is 5.69 Å². The summed E-state index contributed by atoms with van der Waals surface area (Å²) in [6, 6.07) is 10.0. The Bertz CT molecular complexity index is 728. The SMILES string of the molecule is CCn1nccc1CNc1cccc(-n2nnnc2C)c1. The van der Waals surface area contributed by atoms with Crippen LogP contribution < -0.4 is 5.32 Å². The molecule has 108 valence electrons. The summed E-state index contributed by atoms with van der Waals surface area (Å²) in [5.41, 5.74) is 3.11. The van der Waals surface area contributed by atoms with Gasteiger partial charge in [0.2, 0.25) is 0 Å². The zero-order valence-corrected chi connectivity index (χ0v) is 12.1. The van der Waals surface area contributed by atoms with E-state index in [1.807, 2.05) is 48.1 Å². The standard InChI is InChI=1S/C14H17N7/c1-3-20-14(7-8-16-20)10-15-12-5-4-6-13(9-12)21-11(2)17-18-19-21/h4-9,15H,3,10H2,1-2H3. The molecule has 21 heavy (non-hydrogen) atoms. The Labute approximate surface area is 122 Å². The van der Waals surface area contributed by atoms with Crippen LogP contribution in [0, 0.1) is 6.92 Å². The second kappa shape index (κ2) is 5.74. The molecule has 0 fully saturated rings. The van der Waals surface area contributed by atoms with Gasteiger partial charge in [-0.2, -0.15) is 9.78 Å². The number of nitrogens with one attached hydrogen (secondary N) is 1. The number of nitrogens with zero attached hydrogens (tertiary/aromatic N) is 6. The van der Waals surface area contributed by atoms with E-state index < -0.39 is 0 Å². The van der Waals surface area contributed by atoms with Gasteiger partial charge in [0.1, 0.15) is 0 Å². The molecule has 0 aliphatic heterocycles. The number of anilines is 1. The maximum absolute atomic E-state index is 4.26. The molecule has 0 radical (unpaired) electrons. The Hall–Kier alpha value is -2.70. The lowest BCUT2D eigenvalue weighted by molar-refractivity contribution is 0.627. The molecule has 7 nitrogen and oxygen atoms in total. The predicted octanol–water partition coefficient (Wildman–Crippen LogP) is 1.80. The molecule has 1 N–H and O–H groups in total. The van der Waals surface area contributed by atoms with Crippen molar-refractivity contribution >= 4 is 5.69 Å². The molecule has 1 aromatic carbocycles. The van der Waals surface area contributed by atoms with E-state index in [0.717, 1.165) is 36.0 Å². The fourth-order valence-corrected chi connectivity index (χ4v) is 2.21. The van der Waals surface area contributed by atoms with Gasteiger partial charge in [-0.15, -0.1) is 5.10 Å². The molecule has 0 saturated carbocycles. The van der Waals surface area contributed by atoms with Crippen molar-refractivity contribution < 1.29 is 0 Å². The van der Waals surface area contributed by atoms with Gasteiger partial charge in [-0.25, -0.2) is 0 Å². The summed E-state index contributed by atoms with van der Waals surface area (Å²) in [5.74, 6) is 0.760. The van der Waals surface area contributed by atoms with E-state index in [9.17, 15) is 0 Å². The minimum absolute atomic E-state index is 0.728. The molecule has 2 heterocycles. The second-order valence-corrected chi connectivity index (χ2v) is 4.68. The number of hydrogen-bond donors (Lipinski definition) is 1. The molecule has 0 saturated heterocycles. The van der Waals surface area contributed by atoms with Gasteiger partial charge >= 0.3 is 0 Å². The average molecular weight is 283 g/mol. The monoisotopic (exact) mass is 283 g/mol. The van der Waals surface area contributed by atoms with Gasteiger partial charge in [0.05, 0.1) is 17.9 Å². The minimum Gasteiger partial charge on any atom is -0.379 e. The highest BCUT2D eigenvalue weighted by Gasteiger charge is 2.05. The highest BCUT2D eigenvalue weighted by Crippen LogP contribution is 2.15. The van der Waals surface area contributed by atoms with E-state index >= 15 is 0 Å². The Morgan fingerprint density at radius 2 is 2.14 bits per heavy atom. The van der Waals surface area contributed by atoms with E-state index in [4.69, 9.17) is 0 Å². The molecule has 3 rings (SSSR count). The molecule has 0 aliphatic rings. The first-order chi connectivity index (χ1) is 10.3. The second-order valence-electron chi connectivity index (χ2n) is 4.68. The smallest absolute Gasteiger partial charge is 0.153 e. The van der Waals surface area contributed by atoms with Crippen molar-refractivity contribution in [3.63, 3.8) is 0 Å². The first-order valence-corrected chi connectivity index (χ1v) is 6.88. The van der Waals surface area contributed by atoms with Gasteiger partial charge in [0.15, 0.2) is 5.82 Å². The van der Waals surface area contributed by atoms with Crippen LogP contribution in [0.2, 0.25) is 0 Å². The number of aryl methyl sites for hydroxylation is 2. The lowest BCUT2D eigenvalue weighted by atomic mass is 10.2. The van der Waals surface area contributed by atoms with Gasteiger partial charge in [0, 0.05) is 18.4 Å². The third-order valence-corrected chi connectivity index (χ3v) is 3.29. The van der Waals surface area contributed by atoms with E-state index in [2.05, 4.69) is 32.9 Å². The van der Waals surface area contributed by atoms with Gasteiger partial charge in [-0.3, -0.25) is 4.68 Å². The topological polar surface area (TPSA) is 73.5 Å². The zero-order chi connectivity index (χ0) is 14.7. The Kier molecular flexibility index (Phi) is 3.63. The molecule has 0 aliphatic carbocycles. The van der Waals surface area contributed by atoms with Crippen molar-refractivity contribution in [3.05, 3.63) is 48.0 Å². The van der Waals surface area contributed by atoms with Gasteiger partial charge in [-0.05, 0) is 48.5 Å². The van der Waals surface area contributed by atoms with Crippen molar-refractivity contribution in [1.82, 2.24) is 30.0 Å². The molecular weight excluding hydrogens is 266 g/mol. The van der Waals surface area contributed by atoms with Crippen molar-refractivity contribution in [2.75, 3.05) is 5.32 Å².